The smallest absolute Gasteiger partial charge is 0.319 e. The van der Waals surface area contributed by atoms with Crippen molar-refractivity contribution < 1.29 is 9.59 Å². The highest BCUT2D eigenvalue weighted by Crippen LogP contribution is 2.17. The van der Waals surface area contributed by atoms with Crippen molar-refractivity contribution in [3.8, 4) is 0 Å². The van der Waals surface area contributed by atoms with Crippen LogP contribution in [0.2, 0.25) is 0 Å². The summed E-state index contributed by atoms with van der Waals surface area (Å²) < 4.78 is 0. The number of hydrogen-bond donors (Lipinski definition) is 0. The number of amides is 3. The monoisotopic (exact) mass is 310 g/mol. The van der Waals surface area contributed by atoms with Crippen molar-refractivity contribution in [2.75, 3.05) is 52.9 Å². The van der Waals surface area contributed by atoms with E-state index in [4.69, 9.17) is 0 Å². The Balaban J connectivity index is 1.77. The van der Waals surface area contributed by atoms with Crippen molar-refractivity contribution in [3.63, 3.8) is 0 Å². The Kier molecular flexibility index (Phi) is 6.06. The van der Waals surface area contributed by atoms with Gasteiger partial charge in [0.2, 0.25) is 5.91 Å². The van der Waals surface area contributed by atoms with E-state index >= 15 is 0 Å². The van der Waals surface area contributed by atoms with E-state index in [1.807, 2.05) is 23.8 Å². The minimum absolute atomic E-state index is 0.0955. The van der Waals surface area contributed by atoms with Crippen molar-refractivity contribution in [3.05, 3.63) is 0 Å². The third kappa shape index (κ3) is 4.12. The molecule has 2 aliphatic rings. The molecular weight excluding hydrogens is 280 g/mol. The summed E-state index contributed by atoms with van der Waals surface area (Å²) in [5.41, 5.74) is 0. The lowest BCUT2D eigenvalue weighted by atomic mass is 10.0. The normalized spacial score (nSPS) is 23.5. The first kappa shape index (κ1) is 17.1. The molecule has 0 N–H and O–H groups in total. The average Bonchev–Trinajstić information content (AvgIpc) is 2.54. The zero-order chi connectivity index (χ0) is 16.1. The molecule has 1 atom stereocenters. The first-order chi connectivity index (χ1) is 10.5. The number of likely N-dealkylation sites (tertiary alicyclic amines) is 1. The molecular formula is C16H30N4O2. The molecule has 2 heterocycles. The summed E-state index contributed by atoms with van der Waals surface area (Å²) in [5, 5.41) is 0. The lowest BCUT2D eigenvalue weighted by Gasteiger charge is -2.38. The van der Waals surface area contributed by atoms with Crippen molar-refractivity contribution in [2.24, 2.45) is 0 Å². The number of nitrogens with zero attached hydrogens (tertiary/aromatic N) is 4. The average molecular weight is 310 g/mol. The quantitative estimate of drug-likeness (QED) is 0.783. The number of piperazine rings is 1. The first-order valence-electron chi connectivity index (χ1n) is 8.54. The summed E-state index contributed by atoms with van der Waals surface area (Å²) in [6.45, 7) is 9.26. The highest BCUT2D eigenvalue weighted by Gasteiger charge is 2.27. The summed E-state index contributed by atoms with van der Waals surface area (Å²) in [6.07, 6.45) is 3.48. The molecule has 0 aliphatic carbocycles. The fraction of sp³-hybridized carbons (Fsp3) is 0.875. The van der Waals surface area contributed by atoms with Gasteiger partial charge in [-0.3, -0.25) is 9.69 Å². The second-order valence-electron chi connectivity index (χ2n) is 6.49. The van der Waals surface area contributed by atoms with Crippen molar-refractivity contribution >= 4 is 11.9 Å². The van der Waals surface area contributed by atoms with Crippen molar-refractivity contribution in [1.82, 2.24) is 19.6 Å². The minimum Gasteiger partial charge on any atom is -0.339 e. The molecule has 1 unspecified atom stereocenters. The zero-order valence-corrected chi connectivity index (χ0v) is 14.3. The molecule has 22 heavy (non-hydrogen) atoms. The third-order valence-corrected chi connectivity index (χ3v) is 4.93. The molecule has 3 amide bonds. The molecule has 0 saturated carbocycles. The third-order valence-electron chi connectivity index (χ3n) is 4.93. The predicted octanol–water partition coefficient (Wildman–Crippen LogP) is 1.08. The zero-order valence-electron chi connectivity index (χ0n) is 14.3. The molecule has 0 aromatic rings. The maximum Gasteiger partial charge on any atom is 0.319 e. The lowest BCUT2D eigenvalue weighted by Crippen LogP contribution is -2.54. The lowest BCUT2D eigenvalue weighted by molar-refractivity contribution is -0.136. The van der Waals surface area contributed by atoms with Crippen molar-refractivity contribution in [2.45, 2.75) is 39.2 Å². The molecule has 0 bridgehead atoms. The van der Waals surface area contributed by atoms with Gasteiger partial charge in [-0.25, -0.2) is 4.79 Å². The fourth-order valence-corrected chi connectivity index (χ4v) is 3.22. The largest absolute Gasteiger partial charge is 0.339 e. The summed E-state index contributed by atoms with van der Waals surface area (Å²) in [7, 11) is 1.83. The summed E-state index contributed by atoms with van der Waals surface area (Å²) in [4.78, 5) is 32.4. The second kappa shape index (κ2) is 7.81. The highest BCUT2D eigenvalue weighted by molar-refractivity contribution is 5.79. The van der Waals surface area contributed by atoms with Crippen LogP contribution in [-0.2, 0) is 4.79 Å². The molecule has 0 spiro atoms. The molecule has 0 radical (unpaired) electrons. The Hall–Kier alpha value is -1.30. The SMILES string of the molecule is CCN(C)C(=O)N1CCN(CC(=O)N2CCCCC2C)CC1. The van der Waals surface area contributed by atoms with Crippen LogP contribution in [0.5, 0.6) is 0 Å². The van der Waals surface area contributed by atoms with Crippen LogP contribution >= 0.6 is 0 Å². The van der Waals surface area contributed by atoms with E-state index in [0.29, 0.717) is 25.7 Å². The maximum atomic E-state index is 12.4. The van der Waals surface area contributed by atoms with E-state index in [1.165, 1.54) is 6.42 Å². The van der Waals surface area contributed by atoms with Gasteiger partial charge in [0, 0.05) is 52.4 Å². The minimum atomic E-state index is 0.0955. The van der Waals surface area contributed by atoms with Crippen LogP contribution in [0, 0.1) is 0 Å². The first-order valence-corrected chi connectivity index (χ1v) is 8.54. The van der Waals surface area contributed by atoms with Crippen LogP contribution in [0.15, 0.2) is 0 Å². The van der Waals surface area contributed by atoms with Gasteiger partial charge in [0.15, 0.2) is 0 Å². The molecule has 0 aromatic carbocycles. The molecule has 126 valence electrons. The molecule has 0 aromatic heterocycles. The van der Waals surface area contributed by atoms with Gasteiger partial charge in [-0.15, -0.1) is 0 Å². The van der Waals surface area contributed by atoms with Gasteiger partial charge < -0.3 is 14.7 Å². The Bertz CT molecular complexity index is 394. The Morgan fingerprint density at radius 2 is 1.77 bits per heavy atom. The molecule has 2 aliphatic heterocycles. The molecule has 2 fully saturated rings. The van der Waals surface area contributed by atoms with E-state index in [1.54, 1.807) is 4.90 Å². The highest BCUT2D eigenvalue weighted by atomic mass is 16.2. The van der Waals surface area contributed by atoms with Gasteiger partial charge in [0.1, 0.15) is 0 Å². The van der Waals surface area contributed by atoms with E-state index in [9.17, 15) is 9.59 Å². The van der Waals surface area contributed by atoms with Gasteiger partial charge in [-0.2, -0.15) is 0 Å². The topological polar surface area (TPSA) is 47.1 Å². The van der Waals surface area contributed by atoms with Crippen LogP contribution in [0.25, 0.3) is 0 Å². The molecule has 2 saturated heterocycles. The Morgan fingerprint density at radius 3 is 2.36 bits per heavy atom. The van der Waals surface area contributed by atoms with E-state index in [0.717, 1.165) is 39.0 Å². The van der Waals surface area contributed by atoms with E-state index in [2.05, 4.69) is 11.8 Å². The number of hydrogen-bond acceptors (Lipinski definition) is 3. The van der Waals surface area contributed by atoms with Crippen LogP contribution in [-0.4, -0.2) is 90.4 Å². The van der Waals surface area contributed by atoms with Gasteiger partial charge in [-0.1, -0.05) is 0 Å². The van der Waals surface area contributed by atoms with Crippen LogP contribution < -0.4 is 0 Å². The van der Waals surface area contributed by atoms with Gasteiger partial charge in [0.25, 0.3) is 0 Å². The maximum absolute atomic E-state index is 12.4. The number of piperidine rings is 1. The predicted molar refractivity (Wildman–Crippen MR) is 86.7 cm³/mol. The van der Waals surface area contributed by atoms with Crippen LogP contribution in [0.3, 0.4) is 0 Å². The van der Waals surface area contributed by atoms with Crippen LogP contribution in [0.1, 0.15) is 33.1 Å². The van der Waals surface area contributed by atoms with Crippen molar-refractivity contribution in [1.29, 1.82) is 0 Å². The summed E-state index contributed by atoms with van der Waals surface area (Å²) >= 11 is 0. The van der Waals surface area contributed by atoms with Gasteiger partial charge in [0.05, 0.1) is 6.54 Å². The van der Waals surface area contributed by atoms with Crippen LogP contribution in [0.4, 0.5) is 4.79 Å². The molecule has 6 nitrogen and oxygen atoms in total. The molecule has 2 rings (SSSR count). The second-order valence-corrected chi connectivity index (χ2v) is 6.49. The Labute approximate surface area is 134 Å². The van der Waals surface area contributed by atoms with E-state index in [-0.39, 0.29) is 11.9 Å². The standard InChI is InChI=1S/C16H30N4O2/c1-4-17(3)16(22)19-11-9-18(10-12-19)13-15(21)20-8-6-5-7-14(20)2/h14H,4-13H2,1-3H3. The summed E-state index contributed by atoms with van der Waals surface area (Å²) in [6, 6.07) is 0.473. The van der Waals surface area contributed by atoms with Gasteiger partial charge >= 0.3 is 6.03 Å². The fourth-order valence-electron chi connectivity index (χ4n) is 3.22. The van der Waals surface area contributed by atoms with Gasteiger partial charge in [-0.05, 0) is 33.1 Å². The Morgan fingerprint density at radius 1 is 1.09 bits per heavy atom. The molecule has 6 heteroatoms. The summed E-state index contributed by atoms with van der Waals surface area (Å²) in [5.74, 6) is 0.248. The number of carbonyl (C=O) groups is 2. The number of carbonyl (C=O) groups excluding carboxylic acids is 2. The number of urea groups is 1. The number of rotatable bonds is 3. The van der Waals surface area contributed by atoms with E-state index < -0.39 is 0 Å².